The highest BCUT2D eigenvalue weighted by molar-refractivity contribution is 5.97. The van der Waals surface area contributed by atoms with Crippen LogP contribution in [0.3, 0.4) is 0 Å². The third-order valence-corrected chi connectivity index (χ3v) is 3.69. The first-order valence-corrected chi connectivity index (χ1v) is 8.27. The fourth-order valence-electron chi connectivity index (χ4n) is 2.37. The molecule has 2 amide bonds. The molecule has 0 bridgehead atoms. The van der Waals surface area contributed by atoms with Crippen LogP contribution < -0.4 is 15.8 Å². The molecule has 2 rings (SSSR count). The summed E-state index contributed by atoms with van der Waals surface area (Å²) in [6.07, 6.45) is 0.487. The number of nitrogens with one attached hydrogen (secondary N) is 1. The van der Waals surface area contributed by atoms with Crippen LogP contribution in [0.2, 0.25) is 0 Å². The van der Waals surface area contributed by atoms with E-state index >= 15 is 0 Å². The zero-order valence-corrected chi connectivity index (χ0v) is 14.7. The Labute approximate surface area is 152 Å². The number of hydrogen-bond acceptors (Lipinski definition) is 4. The van der Waals surface area contributed by atoms with Crippen molar-refractivity contribution in [2.75, 3.05) is 0 Å². The Balaban J connectivity index is 2.02. The maximum absolute atomic E-state index is 12.3. The molecule has 0 aliphatic heterocycles. The molecule has 0 spiro atoms. The molecule has 0 aliphatic carbocycles. The predicted octanol–water partition coefficient (Wildman–Crippen LogP) is 2.98. The molecule has 0 heterocycles. The van der Waals surface area contributed by atoms with Crippen molar-refractivity contribution >= 4 is 11.8 Å². The van der Waals surface area contributed by atoms with Gasteiger partial charge in [-0.15, -0.1) is 0 Å². The molecule has 3 N–H and O–H groups in total. The molecule has 0 aliphatic rings. The van der Waals surface area contributed by atoms with Gasteiger partial charge in [-0.3, -0.25) is 9.59 Å². The van der Waals surface area contributed by atoms with E-state index in [9.17, 15) is 9.59 Å². The minimum Gasteiger partial charge on any atom is -0.457 e. The number of nitrogens with zero attached hydrogens (tertiary/aromatic N) is 1. The summed E-state index contributed by atoms with van der Waals surface area (Å²) in [6.45, 7) is 3.91. The normalized spacial score (nSPS) is 11.5. The van der Waals surface area contributed by atoms with E-state index < -0.39 is 11.9 Å². The lowest BCUT2D eigenvalue weighted by Crippen LogP contribution is -2.45. The van der Waals surface area contributed by atoms with Crippen molar-refractivity contribution in [1.82, 2.24) is 5.32 Å². The lowest BCUT2D eigenvalue weighted by molar-refractivity contribution is -0.120. The molecule has 1 unspecified atom stereocenters. The second kappa shape index (κ2) is 8.67. The van der Waals surface area contributed by atoms with Gasteiger partial charge >= 0.3 is 0 Å². The van der Waals surface area contributed by atoms with E-state index in [-0.39, 0.29) is 11.8 Å². The van der Waals surface area contributed by atoms with Crippen molar-refractivity contribution in [3.05, 3.63) is 59.7 Å². The second-order valence-corrected chi connectivity index (χ2v) is 6.32. The highest BCUT2D eigenvalue weighted by Crippen LogP contribution is 2.22. The van der Waals surface area contributed by atoms with Gasteiger partial charge in [-0.2, -0.15) is 5.26 Å². The molecule has 0 fully saturated rings. The quantitative estimate of drug-likeness (QED) is 0.800. The molecule has 0 aromatic heterocycles. The topological polar surface area (TPSA) is 105 Å². The molecule has 26 heavy (non-hydrogen) atoms. The predicted molar refractivity (Wildman–Crippen MR) is 97.6 cm³/mol. The van der Waals surface area contributed by atoms with Crippen LogP contribution in [0.1, 0.15) is 36.2 Å². The highest BCUT2D eigenvalue weighted by atomic mass is 16.5. The number of primary amides is 1. The van der Waals surface area contributed by atoms with Crippen molar-refractivity contribution in [2.24, 2.45) is 11.7 Å². The van der Waals surface area contributed by atoms with E-state index in [0.717, 1.165) is 0 Å². The van der Waals surface area contributed by atoms with Gasteiger partial charge in [-0.1, -0.05) is 13.8 Å². The lowest BCUT2D eigenvalue weighted by atomic mass is 10.0. The Morgan fingerprint density at radius 3 is 2.08 bits per heavy atom. The monoisotopic (exact) mass is 351 g/mol. The Morgan fingerprint density at radius 2 is 1.62 bits per heavy atom. The Bertz CT molecular complexity index is 806. The second-order valence-electron chi connectivity index (χ2n) is 6.32. The number of amides is 2. The average molecular weight is 351 g/mol. The Kier molecular flexibility index (Phi) is 6.34. The van der Waals surface area contributed by atoms with Crippen molar-refractivity contribution in [1.29, 1.82) is 5.26 Å². The molecule has 134 valence electrons. The molecule has 1 atom stereocenters. The smallest absolute Gasteiger partial charge is 0.251 e. The summed E-state index contributed by atoms with van der Waals surface area (Å²) in [4.78, 5) is 23.8. The summed E-state index contributed by atoms with van der Waals surface area (Å²) >= 11 is 0. The number of rotatable bonds is 7. The van der Waals surface area contributed by atoms with E-state index in [0.29, 0.717) is 29.0 Å². The molecule has 0 saturated carbocycles. The molecule has 6 nitrogen and oxygen atoms in total. The van der Waals surface area contributed by atoms with E-state index in [1.807, 2.05) is 19.9 Å². The number of benzene rings is 2. The van der Waals surface area contributed by atoms with Crippen LogP contribution in [-0.4, -0.2) is 17.9 Å². The fraction of sp³-hybridized carbons (Fsp3) is 0.250. The Hall–Kier alpha value is -3.33. The maximum atomic E-state index is 12.3. The first kappa shape index (κ1) is 19.0. The van der Waals surface area contributed by atoms with Gasteiger partial charge in [0, 0.05) is 5.56 Å². The SMILES string of the molecule is CC(C)CC(NC(=O)c1ccc(Oc2ccc(C#N)cc2)cc1)C(N)=O. The molecular weight excluding hydrogens is 330 g/mol. The minimum atomic E-state index is -0.697. The van der Waals surface area contributed by atoms with E-state index in [4.69, 9.17) is 15.7 Å². The van der Waals surface area contributed by atoms with Crippen molar-refractivity contribution in [3.63, 3.8) is 0 Å². The van der Waals surface area contributed by atoms with Crippen molar-refractivity contribution in [3.8, 4) is 17.6 Å². The van der Waals surface area contributed by atoms with Crippen LogP contribution in [0.25, 0.3) is 0 Å². The number of carbonyl (C=O) groups is 2. The number of hydrogen-bond donors (Lipinski definition) is 2. The summed E-state index contributed by atoms with van der Waals surface area (Å²) in [7, 11) is 0. The zero-order valence-electron chi connectivity index (χ0n) is 14.7. The maximum Gasteiger partial charge on any atom is 0.251 e. The van der Waals surface area contributed by atoms with Gasteiger partial charge in [0.2, 0.25) is 5.91 Å². The number of nitriles is 1. The summed E-state index contributed by atoms with van der Waals surface area (Å²) < 4.78 is 5.67. The van der Waals surface area contributed by atoms with Crippen molar-refractivity contribution in [2.45, 2.75) is 26.3 Å². The van der Waals surface area contributed by atoms with Crippen LogP contribution in [0.4, 0.5) is 0 Å². The van der Waals surface area contributed by atoms with E-state index in [1.54, 1.807) is 48.5 Å². The summed E-state index contributed by atoms with van der Waals surface area (Å²) in [6, 6.07) is 14.6. The fourth-order valence-corrected chi connectivity index (χ4v) is 2.37. The number of carbonyl (C=O) groups excluding carboxylic acids is 2. The van der Waals surface area contributed by atoms with E-state index in [1.165, 1.54) is 0 Å². The van der Waals surface area contributed by atoms with E-state index in [2.05, 4.69) is 5.32 Å². The first-order chi connectivity index (χ1) is 12.4. The van der Waals surface area contributed by atoms with Crippen molar-refractivity contribution < 1.29 is 14.3 Å². The van der Waals surface area contributed by atoms with Gasteiger partial charge in [0.1, 0.15) is 17.5 Å². The third kappa shape index (κ3) is 5.35. The van der Waals surface area contributed by atoms with Gasteiger partial charge in [0.05, 0.1) is 11.6 Å². The van der Waals surface area contributed by atoms with Crippen LogP contribution in [0.15, 0.2) is 48.5 Å². The number of ether oxygens (including phenoxy) is 1. The zero-order chi connectivity index (χ0) is 19.1. The lowest BCUT2D eigenvalue weighted by Gasteiger charge is -2.17. The highest BCUT2D eigenvalue weighted by Gasteiger charge is 2.20. The van der Waals surface area contributed by atoms with Gasteiger partial charge in [-0.25, -0.2) is 0 Å². The molecule has 2 aromatic rings. The minimum absolute atomic E-state index is 0.232. The summed E-state index contributed by atoms with van der Waals surface area (Å²) in [5.41, 5.74) is 6.31. The third-order valence-electron chi connectivity index (χ3n) is 3.69. The van der Waals surface area contributed by atoms with Crippen LogP contribution in [0.5, 0.6) is 11.5 Å². The van der Waals surface area contributed by atoms with Gasteiger partial charge in [0.25, 0.3) is 5.91 Å². The number of nitrogens with two attached hydrogens (primary N) is 1. The largest absolute Gasteiger partial charge is 0.457 e. The first-order valence-electron chi connectivity index (χ1n) is 8.27. The van der Waals surface area contributed by atoms with Gasteiger partial charge in [0.15, 0.2) is 0 Å². The average Bonchev–Trinajstić information content (AvgIpc) is 2.62. The molecular formula is C20H21N3O3. The van der Waals surface area contributed by atoms with Gasteiger partial charge in [-0.05, 0) is 60.9 Å². The van der Waals surface area contributed by atoms with Crippen LogP contribution in [-0.2, 0) is 4.79 Å². The molecule has 0 saturated heterocycles. The van der Waals surface area contributed by atoms with Crippen LogP contribution >= 0.6 is 0 Å². The summed E-state index contributed by atoms with van der Waals surface area (Å²) in [5.74, 6) is 0.468. The van der Waals surface area contributed by atoms with Gasteiger partial charge < -0.3 is 15.8 Å². The summed E-state index contributed by atoms with van der Waals surface area (Å²) in [5, 5.41) is 11.4. The van der Waals surface area contributed by atoms with Crippen LogP contribution in [0, 0.1) is 17.2 Å². The standard InChI is InChI=1S/C20H21N3O3/c1-13(2)11-18(19(22)24)23-20(25)15-5-9-17(10-6-15)26-16-7-3-14(12-21)4-8-16/h3-10,13,18H,11H2,1-2H3,(H2,22,24)(H,23,25). The Morgan fingerprint density at radius 1 is 1.08 bits per heavy atom. The molecule has 6 heteroatoms. The molecule has 2 aromatic carbocycles. The molecule has 0 radical (unpaired) electrons.